The van der Waals surface area contributed by atoms with Gasteiger partial charge in [-0.2, -0.15) is 0 Å². The molecule has 1 aliphatic heterocycles. The molecule has 0 spiro atoms. The smallest absolute Gasteiger partial charge is 0.191 e. The van der Waals surface area contributed by atoms with E-state index in [-0.39, 0.29) is 11.9 Å². The van der Waals surface area contributed by atoms with Crippen molar-refractivity contribution in [1.82, 2.24) is 10.6 Å². The normalized spacial score (nSPS) is 16.2. The van der Waals surface area contributed by atoms with Gasteiger partial charge in [0.15, 0.2) is 5.96 Å². The van der Waals surface area contributed by atoms with E-state index in [2.05, 4.69) is 40.7 Å². The van der Waals surface area contributed by atoms with E-state index in [1.54, 1.807) is 19.2 Å². The molecule has 0 aromatic heterocycles. The standard InChI is InChI=1S/C24H32FN3O3/c1-18-5-6-19(23(15-18)31-22-11-14-29-17-22)16-28-24(26-2)27-12-3-4-13-30-21-9-7-20(25)8-10-21/h5-10,15,22H,3-4,11-14,16-17H2,1-2H3,(H2,26,27,28). The van der Waals surface area contributed by atoms with Crippen LogP contribution in [0.3, 0.4) is 0 Å². The largest absolute Gasteiger partial charge is 0.494 e. The predicted molar refractivity (Wildman–Crippen MR) is 120 cm³/mol. The number of nitrogens with one attached hydrogen (secondary N) is 2. The zero-order valence-corrected chi connectivity index (χ0v) is 18.3. The van der Waals surface area contributed by atoms with Crippen LogP contribution in [0.25, 0.3) is 0 Å². The first-order valence-electron chi connectivity index (χ1n) is 10.8. The van der Waals surface area contributed by atoms with Crippen molar-refractivity contribution >= 4 is 5.96 Å². The van der Waals surface area contributed by atoms with E-state index in [9.17, 15) is 4.39 Å². The molecule has 2 aromatic carbocycles. The number of ether oxygens (including phenoxy) is 3. The van der Waals surface area contributed by atoms with Crippen LogP contribution in [0.5, 0.6) is 11.5 Å². The van der Waals surface area contributed by atoms with Gasteiger partial charge in [0.05, 0.1) is 19.8 Å². The van der Waals surface area contributed by atoms with Crippen molar-refractivity contribution in [1.29, 1.82) is 0 Å². The van der Waals surface area contributed by atoms with Crippen LogP contribution in [-0.4, -0.2) is 45.5 Å². The minimum absolute atomic E-state index is 0.120. The van der Waals surface area contributed by atoms with E-state index >= 15 is 0 Å². The number of halogens is 1. The summed E-state index contributed by atoms with van der Waals surface area (Å²) in [5, 5.41) is 6.68. The summed E-state index contributed by atoms with van der Waals surface area (Å²) in [5.74, 6) is 2.08. The highest BCUT2D eigenvalue weighted by Crippen LogP contribution is 2.23. The third-order valence-corrected chi connectivity index (χ3v) is 5.02. The Morgan fingerprint density at radius 1 is 1.16 bits per heavy atom. The highest BCUT2D eigenvalue weighted by Gasteiger charge is 2.18. The molecule has 7 heteroatoms. The number of benzene rings is 2. The molecule has 3 rings (SSSR count). The maximum absolute atomic E-state index is 12.9. The highest BCUT2D eigenvalue weighted by molar-refractivity contribution is 5.79. The van der Waals surface area contributed by atoms with E-state index in [4.69, 9.17) is 14.2 Å². The minimum atomic E-state index is -0.257. The first-order chi connectivity index (χ1) is 15.1. The van der Waals surface area contributed by atoms with E-state index in [0.29, 0.717) is 25.5 Å². The Morgan fingerprint density at radius 2 is 2.00 bits per heavy atom. The number of aliphatic imine (C=N–C) groups is 1. The fourth-order valence-electron chi connectivity index (χ4n) is 3.26. The van der Waals surface area contributed by atoms with Crippen LogP contribution in [0.1, 0.15) is 30.4 Å². The third-order valence-electron chi connectivity index (χ3n) is 5.02. The third kappa shape index (κ3) is 7.75. The van der Waals surface area contributed by atoms with Gasteiger partial charge in [-0.15, -0.1) is 0 Å². The lowest BCUT2D eigenvalue weighted by Gasteiger charge is -2.18. The zero-order valence-electron chi connectivity index (χ0n) is 18.3. The van der Waals surface area contributed by atoms with Gasteiger partial charge >= 0.3 is 0 Å². The van der Waals surface area contributed by atoms with Crippen molar-refractivity contribution in [3.63, 3.8) is 0 Å². The minimum Gasteiger partial charge on any atom is -0.494 e. The van der Waals surface area contributed by atoms with E-state index in [0.717, 1.165) is 49.7 Å². The SMILES string of the molecule is CN=C(NCCCCOc1ccc(F)cc1)NCc1ccc(C)cc1OC1CCOC1. The number of hydrogen-bond donors (Lipinski definition) is 2. The van der Waals surface area contributed by atoms with Gasteiger partial charge in [0.25, 0.3) is 0 Å². The second-order valence-electron chi connectivity index (χ2n) is 7.58. The Bertz CT molecular complexity index is 836. The molecule has 1 atom stereocenters. The molecule has 6 nitrogen and oxygen atoms in total. The van der Waals surface area contributed by atoms with Crippen molar-refractivity contribution in [2.24, 2.45) is 4.99 Å². The van der Waals surface area contributed by atoms with Gasteiger partial charge in [0.1, 0.15) is 23.4 Å². The van der Waals surface area contributed by atoms with Crippen LogP contribution < -0.4 is 20.1 Å². The van der Waals surface area contributed by atoms with E-state index in [1.807, 2.05) is 0 Å². The summed E-state index contributed by atoms with van der Waals surface area (Å²) in [5.41, 5.74) is 2.26. The fraction of sp³-hybridized carbons (Fsp3) is 0.458. The van der Waals surface area contributed by atoms with Crippen LogP contribution in [0.15, 0.2) is 47.5 Å². The Labute approximate surface area is 183 Å². The summed E-state index contributed by atoms with van der Waals surface area (Å²) in [4.78, 5) is 4.29. The number of unbranched alkanes of at least 4 members (excludes halogenated alkanes) is 1. The number of guanidine groups is 1. The molecule has 1 saturated heterocycles. The van der Waals surface area contributed by atoms with Crippen LogP contribution in [-0.2, 0) is 11.3 Å². The van der Waals surface area contributed by atoms with Crippen LogP contribution in [0.2, 0.25) is 0 Å². The highest BCUT2D eigenvalue weighted by atomic mass is 19.1. The summed E-state index contributed by atoms with van der Waals surface area (Å²) in [6.45, 7) is 5.47. The van der Waals surface area contributed by atoms with E-state index in [1.165, 1.54) is 17.7 Å². The molecule has 0 amide bonds. The monoisotopic (exact) mass is 429 g/mol. The molecule has 2 aromatic rings. The zero-order chi connectivity index (χ0) is 21.9. The maximum atomic E-state index is 12.9. The van der Waals surface area contributed by atoms with Crippen molar-refractivity contribution in [2.75, 3.05) is 33.4 Å². The Hall–Kier alpha value is -2.80. The molecular formula is C24H32FN3O3. The lowest BCUT2D eigenvalue weighted by atomic mass is 10.1. The molecule has 0 saturated carbocycles. The summed E-state index contributed by atoms with van der Waals surface area (Å²) < 4.78 is 30.1. The number of nitrogens with zero attached hydrogens (tertiary/aromatic N) is 1. The van der Waals surface area contributed by atoms with Gasteiger partial charge < -0.3 is 24.8 Å². The van der Waals surface area contributed by atoms with Crippen LogP contribution in [0, 0.1) is 12.7 Å². The Balaban J connectivity index is 1.37. The van der Waals surface area contributed by atoms with Gasteiger partial charge in [-0.05, 0) is 55.7 Å². The average Bonchev–Trinajstić information content (AvgIpc) is 3.28. The second-order valence-corrected chi connectivity index (χ2v) is 7.58. The van der Waals surface area contributed by atoms with Crippen molar-refractivity contribution in [3.05, 3.63) is 59.4 Å². The van der Waals surface area contributed by atoms with Gasteiger partial charge in [-0.25, -0.2) is 4.39 Å². The van der Waals surface area contributed by atoms with Crippen molar-refractivity contribution < 1.29 is 18.6 Å². The Kier molecular flexibility index (Phi) is 8.97. The maximum Gasteiger partial charge on any atom is 0.191 e. The quantitative estimate of drug-likeness (QED) is 0.341. The average molecular weight is 430 g/mol. The molecule has 0 bridgehead atoms. The lowest BCUT2D eigenvalue weighted by molar-refractivity contribution is 0.140. The summed E-state index contributed by atoms with van der Waals surface area (Å²) in [7, 11) is 1.76. The first kappa shape index (κ1) is 22.9. The number of rotatable bonds is 10. The number of hydrogen-bond acceptors (Lipinski definition) is 4. The van der Waals surface area contributed by atoms with Gasteiger partial charge in [-0.1, -0.05) is 12.1 Å². The van der Waals surface area contributed by atoms with Crippen LogP contribution in [0.4, 0.5) is 4.39 Å². The number of aryl methyl sites for hydroxylation is 1. The molecule has 0 aliphatic carbocycles. The second kappa shape index (κ2) is 12.2. The molecule has 1 fully saturated rings. The predicted octanol–water partition coefficient (Wildman–Crippen LogP) is 3.83. The molecule has 2 N–H and O–H groups in total. The van der Waals surface area contributed by atoms with Gasteiger partial charge in [0.2, 0.25) is 0 Å². The molecule has 1 heterocycles. The summed E-state index contributed by atoms with van der Waals surface area (Å²) in [6.07, 6.45) is 2.87. The summed E-state index contributed by atoms with van der Waals surface area (Å²) >= 11 is 0. The molecule has 1 aliphatic rings. The molecule has 168 valence electrons. The molecule has 0 radical (unpaired) electrons. The molecule has 31 heavy (non-hydrogen) atoms. The van der Waals surface area contributed by atoms with E-state index < -0.39 is 0 Å². The molecular weight excluding hydrogens is 397 g/mol. The van der Waals surface area contributed by atoms with Crippen molar-refractivity contribution in [3.8, 4) is 11.5 Å². The van der Waals surface area contributed by atoms with Gasteiger partial charge in [0, 0.05) is 32.1 Å². The topological polar surface area (TPSA) is 64.1 Å². The lowest BCUT2D eigenvalue weighted by Crippen LogP contribution is -2.37. The van der Waals surface area contributed by atoms with Crippen LogP contribution >= 0.6 is 0 Å². The van der Waals surface area contributed by atoms with Crippen molar-refractivity contribution in [2.45, 2.75) is 38.8 Å². The summed E-state index contributed by atoms with van der Waals surface area (Å²) in [6, 6.07) is 12.3. The Morgan fingerprint density at radius 3 is 2.74 bits per heavy atom. The first-order valence-corrected chi connectivity index (χ1v) is 10.8. The fourth-order valence-corrected chi connectivity index (χ4v) is 3.26. The van der Waals surface area contributed by atoms with Gasteiger partial charge in [-0.3, -0.25) is 4.99 Å². The molecule has 1 unspecified atom stereocenters.